The Bertz CT molecular complexity index is 633. The van der Waals surface area contributed by atoms with Crippen LogP contribution in [0.5, 0.6) is 0 Å². The highest BCUT2D eigenvalue weighted by Crippen LogP contribution is 2.31. The summed E-state index contributed by atoms with van der Waals surface area (Å²) in [7, 11) is 0. The summed E-state index contributed by atoms with van der Waals surface area (Å²) in [5.41, 5.74) is 1.34. The molecule has 0 aliphatic heterocycles. The molecule has 3 nitrogen and oxygen atoms in total. The van der Waals surface area contributed by atoms with E-state index in [0.29, 0.717) is 0 Å². The molecule has 0 radical (unpaired) electrons. The monoisotopic (exact) mass is 298 g/mol. The molecule has 1 heterocycles. The average molecular weight is 298 g/mol. The van der Waals surface area contributed by atoms with E-state index in [1.165, 1.54) is 12.8 Å². The Hall–Kier alpha value is -1.90. The summed E-state index contributed by atoms with van der Waals surface area (Å²) in [5.74, 6) is 0.101. The van der Waals surface area contributed by atoms with Crippen LogP contribution in [0.15, 0.2) is 36.5 Å². The largest absolute Gasteiger partial charge is 0.324 e. The van der Waals surface area contributed by atoms with E-state index in [1.807, 2.05) is 30.3 Å². The van der Waals surface area contributed by atoms with Crippen LogP contribution in [-0.2, 0) is 4.79 Å². The summed E-state index contributed by atoms with van der Waals surface area (Å²) < 4.78 is 0. The maximum absolute atomic E-state index is 12.8. The number of carbonyl (C=O) groups excluding carboxylic acids is 1. The van der Waals surface area contributed by atoms with Crippen LogP contribution in [0.25, 0.3) is 10.9 Å². The van der Waals surface area contributed by atoms with Crippen LogP contribution < -0.4 is 5.32 Å². The number of hydrogen-bond acceptors (Lipinski definition) is 2. The van der Waals surface area contributed by atoms with Crippen LogP contribution in [0, 0.1) is 5.41 Å². The lowest BCUT2D eigenvalue weighted by Gasteiger charge is -2.27. The Morgan fingerprint density at radius 1 is 1.18 bits per heavy atom. The molecule has 1 N–H and O–H groups in total. The maximum atomic E-state index is 12.8. The fourth-order valence-corrected chi connectivity index (χ4v) is 2.69. The second-order valence-corrected chi connectivity index (χ2v) is 6.21. The number of nitrogens with one attached hydrogen (secondary N) is 1. The van der Waals surface area contributed by atoms with Crippen molar-refractivity contribution >= 4 is 22.5 Å². The molecular formula is C19H26N2O. The van der Waals surface area contributed by atoms with Gasteiger partial charge < -0.3 is 5.32 Å². The van der Waals surface area contributed by atoms with Gasteiger partial charge in [-0.25, -0.2) is 0 Å². The van der Waals surface area contributed by atoms with Crippen molar-refractivity contribution in [2.24, 2.45) is 5.41 Å². The number of unbranched alkanes of at least 4 members (excludes halogenated alkanes) is 2. The van der Waals surface area contributed by atoms with Crippen molar-refractivity contribution in [3.05, 3.63) is 36.5 Å². The first-order chi connectivity index (χ1) is 10.6. The zero-order chi connectivity index (χ0) is 16.0. The Balaban J connectivity index is 2.18. The van der Waals surface area contributed by atoms with Crippen molar-refractivity contribution < 1.29 is 4.79 Å². The number of para-hydroxylation sites is 1. The fourth-order valence-electron chi connectivity index (χ4n) is 2.69. The van der Waals surface area contributed by atoms with E-state index in [4.69, 9.17) is 0 Å². The van der Waals surface area contributed by atoms with E-state index >= 15 is 0 Å². The molecule has 1 unspecified atom stereocenters. The predicted octanol–water partition coefficient (Wildman–Crippen LogP) is 5.17. The van der Waals surface area contributed by atoms with Crippen LogP contribution in [0.3, 0.4) is 0 Å². The van der Waals surface area contributed by atoms with Gasteiger partial charge in [-0.2, -0.15) is 0 Å². The number of amides is 1. The van der Waals surface area contributed by atoms with Gasteiger partial charge in [-0.1, -0.05) is 58.2 Å². The Morgan fingerprint density at radius 2 is 1.95 bits per heavy atom. The van der Waals surface area contributed by atoms with Crippen molar-refractivity contribution in [3.8, 4) is 0 Å². The van der Waals surface area contributed by atoms with Gasteiger partial charge in [0.05, 0.1) is 11.2 Å². The second kappa shape index (κ2) is 7.39. The molecule has 1 atom stereocenters. The first-order valence-electron chi connectivity index (χ1n) is 8.26. The topological polar surface area (TPSA) is 42.0 Å². The second-order valence-electron chi connectivity index (χ2n) is 6.21. The Morgan fingerprint density at radius 3 is 2.68 bits per heavy atom. The van der Waals surface area contributed by atoms with Crippen LogP contribution in [0.1, 0.15) is 52.9 Å². The summed E-state index contributed by atoms with van der Waals surface area (Å²) in [6.45, 7) is 6.34. The highest BCUT2D eigenvalue weighted by atomic mass is 16.2. The molecule has 0 aliphatic rings. The van der Waals surface area contributed by atoms with Crippen LogP contribution in [-0.4, -0.2) is 10.9 Å². The SMILES string of the molecule is CCCCCC(C)(CC)C(=O)Nc1cccc2cccnc12. The number of hydrogen-bond donors (Lipinski definition) is 1. The third-order valence-electron chi connectivity index (χ3n) is 4.54. The summed E-state index contributed by atoms with van der Waals surface area (Å²) in [4.78, 5) is 17.2. The summed E-state index contributed by atoms with van der Waals surface area (Å²) in [5, 5.41) is 4.15. The van der Waals surface area contributed by atoms with Crippen LogP contribution >= 0.6 is 0 Å². The molecule has 0 saturated heterocycles. The molecule has 0 bridgehead atoms. The zero-order valence-electron chi connectivity index (χ0n) is 13.9. The lowest BCUT2D eigenvalue weighted by Crippen LogP contribution is -2.33. The van der Waals surface area contributed by atoms with E-state index in [1.54, 1.807) is 6.20 Å². The van der Waals surface area contributed by atoms with Crippen molar-refractivity contribution in [1.29, 1.82) is 0 Å². The van der Waals surface area contributed by atoms with Crippen molar-refractivity contribution in [3.63, 3.8) is 0 Å². The summed E-state index contributed by atoms with van der Waals surface area (Å²) in [6, 6.07) is 9.82. The van der Waals surface area contributed by atoms with E-state index in [2.05, 4.69) is 31.1 Å². The summed E-state index contributed by atoms with van der Waals surface area (Å²) in [6.07, 6.45) is 7.00. The lowest BCUT2D eigenvalue weighted by molar-refractivity contribution is -0.125. The average Bonchev–Trinajstić information content (AvgIpc) is 2.55. The third kappa shape index (κ3) is 3.65. The van der Waals surface area contributed by atoms with E-state index in [-0.39, 0.29) is 11.3 Å². The number of benzene rings is 1. The highest BCUT2D eigenvalue weighted by molar-refractivity contribution is 6.02. The van der Waals surface area contributed by atoms with Gasteiger partial charge in [0.15, 0.2) is 0 Å². The molecular weight excluding hydrogens is 272 g/mol. The number of aromatic nitrogens is 1. The minimum absolute atomic E-state index is 0.101. The number of fused-ring (bicyclic) bond motifs is 1. The molecule has 2 aromatic rings. The standard InChI is InChI=1S/C19H26N2O/c1-4-6-7-13-19(3,5-2)18(22)21-16-12-8-10-15-11-9-14-20-17(15)16/h8-12,14H,4-7,13H2,1-3H3,(H,21,22). The first-order valence-corrected chi connectivity index (χ1v) is 8.26. The minimum atomic E-state index is -0.313. The maximum Gasteiger partial charge on any atom is 0.230 e. The van der Waals surface area contributed by atoms with Crippen molar-refractivity contribution in [2.75, 3.05) is 5.32 Å². The Labute approximate surface area is 133 Å². The Kier molecular flexibility index (Phi) is 5.53. The van der Waals surface area contributed by atoms with E-state index < -0.39 is 0 Å². The third-order valence-corrected chi connectivity index (χ3v) is 4.54. The fraction of sp³-hybridized carbons (Fsp3) is 0.474. The molecule has 1 aromatic heterocycles. The number of nitrogens with zero attached hydrogens (tertiary/aromatic N) is 1. The molecule has 0 aliphatic carbocycles. The van der Waals surface area contributed by atoms with Crippen LogP contribution in [0.2, 0.25) is 0 Å². The number of rotatable bonds is 7. The quantitative estimate of drug-likeness (QED) is 0.716. The molecule has 0 fully saturated rings. The molecule has 3 heteroatoms. The van der Waals surface area contributed by atoms with Gasteiger partial charge in [-0.15, -0.1) is 0 Å². The molecule has 118 valence electrons. The van der Waals surface area contributed by atoms with Gasteiger partial charge in [0, 0.05) is 17.0 Å². The predicted molar refractivity (Wildman–Crippen MR) is 92.9 cm³/mol. The van der Waals surface area contributed by atoms with Crippen molar-refractivity contribution in [1.82, 2.24) is 4.98 Å². The lowest BCUT2D eigenvalue weighted by atomic mass is 9.81. The van der Waals surface area contributed by atoms with E-state index in [9.17, 15) is 4.79 Å². The highest BCUT2D eigenvalue weighted by Gasteiger charge is 2.30. The molecule has 1 aromatic carbocycles. The van der Waals surface area contributed by atoms with Crippen LogP contribution in [0.4, 0.5) is 5.69 Å². The van der Waals surface area contributed by atoms with E-state index in [0.717, 1.165) is 35.9 Å². The van der Waals surface area contributed by atoms with Gasteiger partial charge in [0.2, 0.25) is 5.91 Å². The smallest absolute Gasteiger partial charge is 0.230 e. The zero-order valence-corrected chi connectivity index (χ0v) is 13.9. The molecule has 0 spiro atoms. The van der Waals surface area contributed by atoms with Gasteiger partial charge in [0.1, 0.15) is 0 Å². The first kappa shape index (κ1) is 16.5. The number of pyridine rings is 1. The van der Waals surface area contributed by atoms with Gasteiger partial charge in [-0.05, 0) is 25.0 Å². The molecule has 1 amide bonds. The normalized spacial score (nSPS) is 13.8. The van der Waals surface area contributed by atoms with Crippen molar-refractivity contribution in [2.45, 2.75) is 52.9 Å². The van der Waals surface area contributed by atoms with Gasteiger partial charge >= 0.3 is 0 Å². The minimum Gasteiger partial charge on any atom is -0.324 e. The molecule has 0 saturated carbocycles. The number of anilines is 1. The number of carbonyl (C=O) groups is 1. The summed E-state index contributed by atoms with van der Waals surface area (Å²) >= 11 is 0. The van der Waals surface area contributed by atoms with Gasteiger partial charge in [0.25, 0.3) is 0 Å². The molecule has 2 rings (SSSR count). The molecule has 22 heavy (non-hydrogen) atoms. The van der Waals surface area contributed by atoms with Gasteiger partial charge in [-0.3, -0.25) is 9.78 Å².